The zero-order valence-corrected chi connectivity index (χ0v) is 15.4. The van der Waals surface area contributed by atoms with E-state index in [1.165, 1.54) is 11.1 Å². The van der Waals surface area contributed by atoms with Crippen molar-refractivity contribution < 1.29 is 4.79 Å². The van der Waals surface area contributed by atoms with Gasteiger partial charge in [0, 0.05) is 32.2 Å². The third kappa shape index (κ3) is 7.13. The number of carbonyl (C=O) groups is 1. The Balaban J connectivity index is 1.79. The quantitative estimate of drug-likeness (QED) is 0.509. The third-order valence-electron chi connectivity index (χ3n) is 4.44. The molecule has 0 radical (unpaired) electrons. The predicted molar refractivity (Wildman–Crippen MR) is 103 cm³/mol. The fourth-order valence-electron chi connectivity index (χ4n) is 3.02. The number of primary amides is 1. The van der Waals surface area contributed by atoms with Crippen molar-refractivity contribution in [2.45, 2.75) is 39.2 Å². The molecule has 1 fully saturated rings. The van der Waals surface area contributed by atoms with Gasteiger partial charge in [0.15, 0.2) is 5.96 Å². The molecule has 1 amide bonds. The van der Waals surface area contributed by atoms with Gasteiger partial charge in [-0.1, -0.05) is 29.8 Å². The molecule has 0 saturated carbocycles. The first kappa shape index (κ1) is 19.2. The van der Waals surface area contributed by atoms with E-state index in [2.05, 4.69) is 53.6 Å². The van der Waals surface area contributed by atoms with Crippen LogP contribution in [0.25, 0.3) is 0 Å². The van der Waals surface area contributed by atoms with Crippen molar-refractivity contribution in [2.75, 3.05) is 32.7 Å². The highest BCUT2D eigenvalue weighted by Crippen LogP contribution is 2.10. The van der Waals surface area contributed by atoms with Gasteiger partial charge in [0.05, 0.1) is 6.54 Å². The fraction of sp³-hybridized carbons (Fsp3) is 0.579. The molecule has 4 N–H and O–H groups in total. The summed E-state index contributed by atoms with van der Waals surface area (Å²) >= 11 is 0. The Kier molecular flexibility index (Phi) is 7.73. The van der Waals surface area contributed by atoms with Gasteiger partial charge in [0.2, 0.25) is 5.91 Å². The molecule has 2 rings (SSSR count). The van der Waals surface area contributed by atoms with E-state index in [0.29, 0.717) is 12.6 Å². The molecule has 1 saturated heterocycles. The van der Waals surface area contributed by atoms with Crippen LogP contribution in [0.1, 0.15) is 30.9 Å². The van der Waals surface area contributed by atoms with E-state index >= 15 is 0 Å². The van der Waals surface area contributed by atoms with Crippen LogP contribution < -0.4 is 16.4 Å². The molecule has 25 heavy (non-hydrogen) atoms. The van der Waals surface area contributed by atoms with Gasteiger partial charge in [0.1, 0.15) is 0 Å². The number of benzene rings is 1. The summed E-state index contributed by atoms with van der Waals surface area (Å²) in [5.74, 6) is 0.625. The van der Waals surface area contributed by atoms with Gasteiger partial charge in [-0.25, -0.2) is 0 Å². The number of piperidine rings is 1. The third-order valence-corrected chi connectivity index (χ3v) is 4.44. The van der Waals surface area contributed by atoms with Crippen LogP contribution in [0.4, 0.5) is 0 Å². The number of likely N-dealkylation sites (tertiary alicyclic amines) is 1. The molecule has 1 heterocycles. The van der Waals surface area contributed by atoms with Gasteiger partial charge < -0.3 is 16.4 Å². The Morgan fingerprint density at radius 2 is 1.96 bits per heavy atom. The van der Waals surface area contributed by atoms with Gasteiger partial charge in [-0.3, -0.25) is 14.7 Å². The second-order valence-electron chi connectivity index (χ2n) is 6.66. The Morgan fingerprint density at radius 1 is 1.28 bits per heavy atom. The molecule has 0 bridgehead atoms. The summed E-state index contributed by atoms with van der Waals surface area (Å²) in [6.45, 7) is 7.93. The molecular weight excluding hydrogens is 314 g/mol. The van der Waals surface area contributed by atoms with Crippen LogP contribution in [0, 0.1) is 6.92 Å². The van der Waals surface area contributed by atoms with Crippen molar-refractivity contribution in [2.24, 2.45) is 10.7 Å². The second kappa shape index (κ2) is 10.0. The maximum Gasteiger partial charge on any atom is 0.231 e. The zero-order valence-electron chi connectivity index (χ0n) is 15.4. The van der Waals surface area contributed by atoms with Crippen molar-refractivity contribution in [3.05, 3.63) is 35.4 Å². The molecule has 0 spiro atoms. The van der Waals surface area contributed by atoms with Gasteiger partial charge >= 0.3 is 0 Å². The van der Waals surface area contributed by atoms with E-state index in [0.717, 1.165) is 51.4 Å². The summed E-state index contributed by atoms with van der Waals surface area (Å²) in [5.41, 5.74) is 7.86. The molecule has 0 aliphatic carbocycles. The first-order valence-electron chi connectivity index (χ1n) is 9.18. The van der Waals surface area contributed by atoms with Crippen molar-refractivity contribution >= 4 is 11.9 Å². The van der Waals surface area contributed by atoms with E-state index < -0.39 is 0 Å². The Labute approximate surface area is 150 Å². The SMILES string of the molecule is CCNC(=NCCc1ccc(C)cc1)NC1CCN(CC(N)=O)CC1. The van der Waals surface area contributed by atoms with Crippen LogP contribution in [0.15, 0.2) is 29.3 Å². The van der Waals surface area contributed by atoms with Gasteiger partial charge in [0.25, 0.3) is 0 Å². The molecule has 0 unspecified atom stereocenters. The monoisotopic (exact) mass is 345 g/mol. The maximum absolute atomic E-state index is 11.0. The van der Waals surface area contributed by atoms with Gasteiger partial charge in [-0.2, -0.15) is 0 Å². The Morgan fingerprint density at radius 3 is 2.56 bits per heavy atom. The zero-order chi connectivity index (χ0) is 18.1. The first-order chi connectivity index (χ1) is 12.1. The van der Waals surface area contributed by atoms with E-state index in [4.69, 9.17) is 10.7 Å². The van der Waals surface area contributed by atoms with E-state index in [1.54, 1.807) is 0 Å². The highest BCUT2D eigenvalue weighted by molar-refractivity contribution is 5.80. The van der Waals surface area contributed by atoms with Crippen molar-refractivity contribution in [1.82, 2.24) is 15.5 Å². The molecular formula is C19H31N5O. The van der Waals surface area contributed by atoms with E-state index in [9.17, 15) is 4.79 Å². The number of nitrogens with two attached hydrogens (primary N) is 1. The predicted octanol–water partition coefficient (Wildman–Crippen LogP) is 1.04. The molecule has 0 atom stereocenters. The fourth-order valence-corrected chi connectivity index (χ4v) is 3.02. The molecule has 6 nitrogen and oxygen atoms in total. The highest BCUT2D eigenvalue weighted by Gasteiger charge is 2.20. The lowest BCUT2D eigenvalue weighted by molar-refractivity contribution is -0.119. The minimum Gasteiger partial charge on any atom is -0.369 e. The normalized spacial score (nSPS) is 16.6. The minimum absolute atomic E-state index is 0.252. The molecule has 6 heteroatoms. The van der Waals surface area contributed by atoms with Crippen molar-refractivity contribution in [3.8, 4) is 0 Å². The number of hydrogen-bond acceptors (Lipinski definition) is 3. The maximum atomic E-state index is 11.0. The number of carbonyl (C=O) groups excluding carboxylic acids is 1. The molecule has 1 aromatic rings. The summed E-state index contributed by atoms with van der Waals surface area (Å²) in [6, 6.07) is 9.01. The molecule has 138 valence electrons. The van der Waals surface area contributed by atoms with E-state index in [-0.39, 0.29) is 5.91 Å². The van der Waals surface area contributed by atoms with E-state index in [1.807, 2.05) is 0 Å². The summed E-state index contributed by atoms with van der Waals surface area (Å²) in [6.07, 6.45) is 2.93. The number of nitrogens with one attached hydrogen (secondary N) is 2. The number of aliphatic imine (C=N–C) groups is 1. The standard InChI is InChI=1S/C19H31N5O/c1-3-21-19(22-11-8-16-6-4-15(2)5-7-16)23-17-9-12-24(13-10-17)14-18(20)25/h4-7,17H,3,8-14H2,1-2H3,(H2,20,25)(H2,21,22,23). The van der Waals surface area contributed by atoms with Crippen LogP contribution in [0.5, 0.6) is 0 Å². The average molecular weight is 345 g/mol. The minimum atomic E-state index is -0.252. The lowest BCUT2D eigenvalue weighted by Gasteiger charge is -2.32. The molecule has 1 aliphatic heterocycles. The largest absolute Gasteiger partial charge is 0.369 e. The van der Waals surface area contributed by atoms with Crippen LogP contribution in [-0.4, -0.2) is 55.5 Å². The highest BCUT2D eigenvalue weighted by atomic mass is 16.1. The average Bonchev–Trinajstić information content (AvgIpc) is 2.58. The number of amides is 1. The molecule has 1 aliphatic rings. The summed E-state index contributed by atoms with van der Waals surface area (Å²) in [5, 5.41) is 6.84. The number of hydrogen-bond donors (Lipinski definition) is 3. The number of nitrogens with zero attached hydrogens (tertiary/aromatic N) is 2. The Hall–Kier alpha value is -2.08. The topological polar surface area (TPSA) is 82.8 Å². The van der Waals surface area contributed by atoms with Gasteiger partial charge in [-0.15, -0.1) is 0 Å². The Bertz CT molecular complexity index is 562. The number of aryl methyl sites for hydroxylation is 1. The number of rotatable bonds is 7. The second-order valence-corrected chi connectivity index (χ2v) is 6.66. The van der Waals surface area contributed by atoms with Crippen molar-refractivity contribution in [1.29, 1.82) is 0 Å². The lowest BCUT2D eigenvalue weighted by atomic mass is 10.1. The molecule has 0 aromatic heterocycles. The lowest BCUT2D eigenvalue weighted by Crippen LogP contribution is -2.49. The summed E-state index contributed by atoms with van der Waals surface area (Å²) < 4.78 is 0. The summed E-state index contributed by atoms with van der Waals surface area (Å²) in [7, 11) is 0. The first-order valence-corrected chi connectivity index (χ1v) is 9.18. The number of guanidine groups is 1. The van der Waals surface area contributed by atoms with Crippen LogP contribution in [0.2, 0.25) is 0 Å². The smallest absolute Gasteiger partial charge is 0.231 e. The van der Waals surface area contributed by atoms with Gasteiger partial charge in [-0.05, 0) is 38.7 Å². The summed E-state index contributed by atoms with van der Waals surface area (Å²) in [4.78, 5) is 17.8. The molecule has 1 aromatic carbocycles. The van der Waals surface area contributed by atoms with Crippen LogP contribution >= 0.6 is 0 Å². The van der Waals surface area contributed by atoms with Crippen LogP contribution in [-0.2, 0) is 11.2 Å². The van der Waals surface area contributed by atoms with Crippen molar-refractivity contribution in [3.63, 3.8) is 0 Å². The van der Waals surface area contributed by atoms with Crippen LogP contribution in [0.3, 0.4) is 0 Å².